The van der Waals surface area contributed by atoms with E-state index < -0.39 is 0 Å². The normalized spacial score (nSPS) is 19.4. The first kappa shape index (κ1) is 13.4. The Bertz CT molecular complexity index is 459. The molecule has 0 aromatic heterocycles. The Labute approximate surface area is 116 Å². The molecule has 0 saturated carbocycles. The summed E-state index contributed by atoms with van der Waals surface area (Å²) in [6.45, 7) is 2.55. The van der Waals surface area contributed by atoms with E-state index in [4.69, 9.17) is 17.0 Å². The number of rotatable bonds is 4. The first-order valence-corrected chi connectivity index (χ1v) is 7.05. The van der Waals surface area contributed by atoms with Crippen molar-refractivity contribution in [2.45, 2.75) is 18.6 Å². The highest BCUT2D eigenvalue weighted by atomic mass is 32.2. The highest BCUT2D eigenvalue weighted by Crippen LogP contribution is 2.26. The molecule has 0 spiro atoms. The molecule has 1 aromatic rings. The molecule has 18 heavy (non-hydrogen) atoms. The number of hydrogen-bond acceptors (Lipinski definition) is 4. The summed E-state index contributed by atoms with van der Waals surface area (Å²) in [5.74, 6) is 0.967. The van der Waals surface area contributed by atoms with Crippen LogP contribution < -0.4 is 4.74 Å². The predicted octanol–water partition coefficient (Wildman–Crippen LogP) is 2.49. The molecule has 1 heterocycles. The van der Waals surface area contributed by atoms with Crippen LogP contribution in [0.3, 0.4) is 0 Å². The molecule has 1 atom stereocenters. The molecule has 1 saturated heterocycles. The summed E-state index contributed by atoms with van der Waals surface area (Å²) in [5, 5.41) is -0.0339. The van der Waals surface area contributed by atoms with Gasteiger partial charge in [0, 0.05) is 6.54 Å². The van der Waals surface area contributed by atoms with Crippen LogP contribution >= 0.6 is 24.0 Å². The average Bonchev–Trinajstić information content (AvgIpc) is 2.62. The summed E-state index contributed by atoms with van der Waals surface area (Å²) < 4.78 is 5.80. The summed E-state index contributed by atoms with van der Waals surface area (Å²) in [6.07, 6.45) is 0.809. The molecular formula is C13H15NO2S2. The number of methoxy groups -OCH3 is 1. The van der Waals surface area contributed by atoms with Crippen LogP contribution in [0, 0.1) is 0 Å². The largest absolute Gasteiger partial charge is 0.497 e. The van der Waals surface area contributed by atoms with E-state index in [2.05, 4.69) is 0 Å². The Morgan fingerprint density at radius 1 is 1.39 bits per heavy atom. The van der Waals surface area contributed by atoms with Crippen molar-refractivity contribution in [1.82, 2.24) is 4.90 Å². The Balaban J connectivity index is 1.95. The van der Waals surface area contributed by atoms with E-state index >= 15 is 0 Å². The SMILES string of the molecule is COc1ccc(CCN2C(=O)[C@@H](C)SC2=S)cc1. The summed E-state index contributed by atoms with van der Waals surface area (Å²) in [4.78, 5) is 13.5. The molecule has 5 heteroatoms. The molecule has 3 nitrogen and oxygen atoms in total. The quantitative estimate of drug-likeness (QED) is 0.793. The fraction of sp³-hybridized carbons (Fsp3) is 0.385. The zero-order valence-corrected chi connectivity index (χ0v) is 12.0. The molecule has 96 valence electrons. The van der Waals surface area contributed by atoms with Crippen LogP contribution in [-0.2, 0) is 11.2 Å². The monoisotopic (exact) mass is 281 g/mol. The van der Waals surface area contributed by atoms with Crippen LogP contribution in [0.5, 0.6) is 5.75 Å². The summed E-state index contributed by atoms with van der Waals surface area (Å²) >= 11 is 6.66. The standard InChI is InChI=1S/C13H15NO2S2/c1-9-12(15)14(13(17)18-9)8-7-10-3-5-11(16-2)6-4-10/h3-6,9H,7-8H2,1-2H3/t9-/m1/s1. The second-order valence-corrected chi connectivity index (χ2v) is 6.09. The van der Waals surface area contributed by atoms with Gasteiger partial charge >= 0.3 is 0 Å². The smallest absolute Gasteiger partial charge is 0.241 e. The molecular weight excluding hydrogens is 266 g/mol. The van der Waals surface area contributed by atoms with E-state index in [1.807, 2.05) is 31.2 Å². The number of hydrogen-bond donors (Lipinski definition) is 0. The van der Waals surface area contributed by atoms with E-state index in [1.54, 1.807) is 12.0 Å². The van der Waals surface area contributed by atoms with Gasteiger partial charge < -0.3 is 4.74 Å². The molecule has 1 aromatic carbocycles. The fourth-order valence-corrected chi connectivity index (χ4v) is 3.26. The molecule has 1 fully saturated rings. The second kappa shape index (κ2) is 5.71. The molecule has 1 aliphatic rings. The van der Waals surface area contributed by atoms with Crippen molar-refractivity contribution in [3.63, 3.8) is 0 Å². The number of thioether (sulfide) groups is 1. The number of carbonyl (C=O) groups is 1. The maximum absolute atomic E-state index is 11.8. The van der Waals surface area contributed by atoms with Gasteiger partial charge in [0.15, 0.2) is 0 Å². The topological polar surface area (TPSA) is 29.5 Å². The van der Waals surface area contributed by atoms with Gasteiger partial charge in [-0.3, -0.25) is 9.69 Å². The van der Waals surface area contributed by atoms with Gasteiger partial charge in [-0.15, -0.1) is 0 Å². The van der Waals surface area contributed by atoms with E-state index in [1.165, 1.54) is 17.3 Å². The van der Waals surface area contributed by atoms with Crippen molar-refractivity contribution in [2.75, 3.05) is 13.7 Å². The van der Waals surface area contributed by atoms with Crippen LogP contribution in [0.2, 0.25) is 0 Å². The van der Waals surface area contributed by atoms with Crippen molar-refractivity contribution in [2.24, 2.45) is 0 Å². The Morgan fingerprint density at radius 2 is 2.06 bits per heavy atom. The van der Waals surface area contributed by atoms with E-state index in [0.717, 1.165) is 12.2 Å². The Morgan fingerprint density at radius 3 is 2.56 bits per heavy atom. The lowest BCUT2D eigenvalue weighted by molar-refractivity contribution is -0.125. The van der Waals surface area contributed by atoms with Gasteiger partial charge in [-0.2, -0.15) is 0 Å². The minimum Gasteiger partial charge on any atom is -0.497 e. The van der Waals surface area contributed by atoms with Gasteiger partial charge in [0.25, 0.3) is 0 Å². The maximum Gasteiger partial charge on any atom is 0.241 e. The molecule has 2 rings (SSSR count). The molecule has 1 aliphatic heterocycles. The van der Waals surface area contributed by atoms with Crippen LogP contribution in [-0.4, -0.2) is 34.0 Å². The van der Waals surface area contributed by atoms with Crippen molar-refractivity contribution >= 4 is 34.2 Å². The number of benzene rings is 1. The first-order chi connectivity index (χ1) is 8.61. The van der Waals surface area contributed by atoms with Crippen molar-refractivity contribution in [3.8, 4) is 5.75 Å². The average molecular weight is 281 g/mol. The van der Waals surface area contributed by atoms with Crippen molar-refractivity contribution < 1.29 is 9.53 Å². The zero-order valence-electron chi connectivity index (χ0n) is 10.4. The third-order valence-corrected chi connectivity index (χ3v) is 4.38. The van der Waals surface area contributed by atoms with E-state index in [9.17, 15) is 4.79 Å². The van der Waals surface area contributed by atoms with E-state index in [-0.39, 0.29) is 11.2 Å². The number of nitrogens with zero attached hydrogens (tertiary/aromatic N) is 1. The summed E-state index contributed by atoms with van der Waals surface area (Å²) in [6, 6.07) is 7.88. The molecule has 0 aliphatic carbocycles. The maximum atomic E-state index is 11.8. The highest BCUT2D eigenvalue weighted by molar-refractivity contribution is 8.24. The molecule has 0 N–H and O–H groups in total. The number of carbonyl (C=O) groups excluding carboxylic acids is 1. The van der Waals surface area contributed by atoms with Gasteiger partial charge in [0.2, 0.25) is 5.91 Å². The van der Waals surface area contributed by atoms with Crippen LogP contribution in [0.25, 0.3) is 0 Å². The second-order valence-electron chi connectivity index (χ2n) is 4.11. The third kappa shape index (κ3) is 2.84. The molecule has 1 amide bonds. The van der Waals surface area contributed by atoms with Crippen molar-refractivity contribution in [1.29, 1.82) is 0 Å². The first-order valence-electron chi connectivity index (χ1n) is 5.76. The number of ether oxygens (including phenoxy) is 1. The Hall–Kier alpha value is -1.07. The lowest BCUT2D eigenvalue weighted by atomic mass is 10.1. The number of thiocarbonyl (C=S) groups is 1. The van der Waals surface area contributed by atoms with Crippen molar-refractivity contribution in [3.05, 3.63) is 29.8 Å². The summed E-state index contributed by atoms with van der Waals surface area (Å²) in [7, 11) is 1.65. The number of amides is 1. The molecule has 0 unspecified atom stereocenters. The fourth-order valence-electron chi connectivity index (χ4n) is 1.81. The lowest BCUT2D eigenvalue weighted by Gasteiger charge is -2.15. The predicted molar refractivity (Wildman–Crippen MR) is 78.1 cm³/mol. The Kier molecular flexibility index (Phi) is 4.24. The third-order valence-electron chi connectivity index (χ3n) is 2.89. The van der Waals surface area contributed by atoms with Gasteiger partial charge in [-0.1, -0.05) is 36.1 Å². The minimum absolute atomic E-state index is 0.0339. The van der Waals surface area contributed by atoms with Gasteiger partial charge in [0.05, 0.1) is 12.4 Å². The zero-order chi connectivity index (χ0) is 13.1. The van der Waals surface area contributed by atoms with Gasteiger partial charge in [0.1, 0.15) is 10.1 Å². The highest BCUT2D eigenvalue weighted by Gasteiger charge is 2.32. The minimum atomic E-state index is -0.0339. The molecule has 0 bridgehead atoms. The molecule has 0 radical (unpaired) electrons. The van der Waals surface area contributed by atoms with Gasteiger partial charge in [-0.25, -0.2) is 0 Å². The van der Waals surface area contributed by atoms with Gasteiger partial charge in [-0.05, 0) is 31.0 Å². The van der Waals surface area contributed by atoms with Crippen LogP contribution in [0.1, 0.15) is 12.5 Å². The summed E-state index contributed by atoms with van der Waals surface area (Å²) in [5.41, 5.74) is 1.18. The van der Waals surface area contributed by atoms with E-state index in [0.29, 0.717) is 10.9 Å². The lowest BCUT2D eigenvalue weighted by Crippen LogP contribution is -2.32. The van der Waals surface area contributed by atoms with Crippen LogP contribution in [0.4, 0.5) is 0 Å². The van der Waals surface area contributed by atoms with Crippen LogP contribution in [0.15, 0.2) is 24.3 Å².